The number of ether oxygens (including phenoxy) is 2. The average Bonchev–Trinajstić information content (AvgIpc) is 3.53. The largest absolute Gasteiger partial charge is 0.573 e. The standard InChI is InChI=1S/C23H25F3N6O5/c1-22(2,3)37-21(34)32-12-14(10-15(32)13-31-9-8-28-30-31)29-19(33)20-27-11-18(35-20)16-6-4-5-7-17(16)36-23(24,25)26/h4-9,11,14-15H,10,12-13H2,1-3H3,(H,29,33). The molecule has 2 aromatic heterocycles. The molecule has 2 unspecified atom stereocenters. The summed E-state index contributed by atoms with van der Waals surface area (Å²) in [5, 5.41) is 10.5. The van der Waals surface area contributed by atoms with Gasteiger partial charge in [-0.15, -0.1) is 18.3 Å². The zero-order chi connectivity index (χ0) is 26.8. The lowest BCUT2D eigenvalue weighted by molar-refractivity contribution is -0.274. The zero-order valence-electron chi connectivity index (χ0n) is 20.2. The van der Waals surface area contributed by atoms with Gasteiger partial charge in [-0.3, -0.25) is 9.48 Å². The van der Waals surface area contributed by atoms with Gasteiger partial charge in [0.1, 0.15) is 11.4 Å². The molecule has 1 saturated heterocycles. The molecule has 11 nitrogen and oxygen atoms in total. The second-order valence-corrected chi connectivity index (χ2v) is 9.39. The Balaban J connectivity index is 1.47. The molecule has 37 heavy (non-hydrogen) atoms. The number of carbonyl (C=O) groups is 2. The number of carbonyl (C=O) groups excluding carboxylic acids is 2. The van der Waals surface area contributed by atoms with E-state index >= 15 is 0 Å². The third kappa shape index (κ3) is 6.77. The lowest BCUT2D eigenvalue weighted by Crippen LogP contribution is -2.43. The van der Waals surface area contributed by atoms with Gasteiger partial charge < -0.3 is 24.1 Å². The smallest absolute Gasteiger partial charge is 0.444 e. The highest BCUT2D eigenvalue weighted by atomic mass is 19.4. The maximum Gasteiger partial charge on any atom is 0.573 e. The van der Waals surface area contributed by atoms with Crippen molar-refractivity contribution in [3.63, 3.8) is 0 Å². The van der Waals surface area contributed by atoms with Crippen molar-refractivity contribution in [1.82, 2.24) is 30.2 Å². The molecule has 1 aromatic carbocycles. The van der Waals surface area contributed by atoms with Crippen molar-refractivity contribution in [1.29, 1.82) is 0 Å². The molecule has 1 fully saturated rings. The molecule has 2 amide bonds. The molecule has 3 aromatic rings. The van der Waals surface area contributed by atoms with Crippen molar-refractivity contribution in [2.24, 2.45) is 0 Å². The van der Waals surface area contributed by atoms with Gasteiger partial charge in [-0.25, -0.2) is 9.78 Å². The van der Waals surface area contributed by atoms with Gasteiger partial charge in [-0.05, 0) is 39.3 Å². The average molecular weight is 522 g/mol. The third-order valence-electron chi connectivity index (χ3n) is 5.33. The van der Waals surface area contributed by atoms with Crippen LogP contribution < -0.4 is 10.1 Å². The number of aromatic nitrogens is 4. The molecule has 0 spiro atoms. The van der Waals surface area contributed by atoms with Crippen molar-refractivity contribution in [2.45, 2.75) is 57.8 Å². The van der Waals surface area contributed by atoms with Gasteiger partial charge >= 0.3 is 18.4 Å². The highest BCUT2D eigenvalue weighted by Crippen LogP contribution is 2.34. The quantitative estimate of drug-likeness (QED) is 0.520. The number of amides is 2. The van der Waals surface area contributed by atoms with Crippen molar-refractivity contribution in [2.75, 3.05) is 6.54 Å². The Morgan fingerprint density at radius 3 is 2.65 bits per heavy atom. The minimum atomic E-state index is -4.90. The minimum Gasteiger partial charge on any atom is -0.444 e. The fourth-order valence-electron chi connectivity index (χ4n) is 3.92. The fourth-order valence-corrected chi connectivity index (χ4v) is 3.92. The molecule has 4 rings (SSSR count). The molecule has 2 atom stereocenters. The van der Waals surface area contributed by atoms with E-state index in [1.54, 1.807) is 31.6 Å². The van der Waals surface area contributed by atoms with E-state index in [9.17, 15) is 22.8 Å². The van der Waals surface area contributed by atoms with Crippen LogP contribution in [0, 0.1) is 0 Å². The van der Waals surface area contributed by atoms with Gasteiger partial charge in [0.15, 0.2) is 5.76 Å². The van der Waals surface area contributed by atoms with Crippen LogP contribution in [0.1, 0.15) is 37.9 Å². The predicted octanol–water partition coefficient (Wildman–Crippen LogP) is 3.64. The lowest BCUT2D eigenvalue weighted by atomic mass is 10.1. The highest BCUT2D eigenvalue weighted by molar-refractivity contribution is 5.90. The number of oxazole rings is 1. The van der Waals surface area contributed by atoms with E-state index in [1.165, 1.54) is 29.3 Å². The van der Waals surface area contributed by atoms with Crippen LogP contribution in [0.2, 0.25) is 0 Å². The van der Waals surface area contributed by atoms with Crippen LogP contribution in [0.3, 0.4) is 0 Å². The molecule has 3 heterocycles. The van der Waals surface area contributed by atoms with Crippen molar-refractivity contribution < 1.29 is 36.7 Å². The van der Waals surface area contributed by atoms with E-state index in [0.717, 1.165) is 12.3 Å². The van der Waals surface area contributed by atoms with Crippen LogP contribution in [-0.4, -0.2) is 67.5 Å². The number of hydrogen-bond donors (Lipinski definition) is 1. The first-order chi connectivity index (χ1) is 17.4. The van der Waals surface area contributed by atoms with E-state index in [1.807, 2.05) is 0 Å². The van der Waals surface area contributed by atoms with E-state index in [4.69, 9.17) is 9.15 Å². The Morgan fingerprint density at radius 1 is 1.22 bits per heavy atom. The number of rotatable bonds is 6. The summed E-state index contributed by atoms with van der Waals surface area (Å²) in [4.78, 5) is 31.1. The number of benzene rings is 1. The lowest BCUT2D eigenvalue weighted by Gasteiger charge is -2.28. The summed E-state index contributed by atoms with van der Waals surface area (Å²) in [7, 11) is 0. The Kier molecular flexibility index (Phi) is 7.09. The van der Waals surface area contributed by atoms with Gasteiger partial charge in [-0.2, -0.15) is 0 Å². The van der Waals surface area contributed by atoms with E-state index < -0.39 is 35.8 Å². The maximum atomic E-state index is 12.8. The van der Waals surface area contributed by atoms with Crippen molar-refractivity contribution in [3.8, 4) is 17.1 Å². The van der Waals surface area contributed by atoms with Crippen LogP contribution >= 0.6 is 0 Å². The normalized spacial score (nSPS) is 18.1. The summed E-state index contributed by atoms with van der Waals surface area (Å²) < 4.78 is 54.8. The van der Waals surface area contributed by atoms with E-state index in [-0.39, 0.29) is 29.8 Å². The second kappa shape index (κ2) is 10.1. The van der Waals surface area contributed by atoms with Gasteiger partial charge in [0, 0.05) is 18.8 Å². The molecule has 198 valence electrons. The summed E-state index contributed by atoms with van der Waals surface area (Å²) >= 11 is 0. The first-order valence-corrected chi connectivity index (χ1v) is 11.3. The molecule has 14 heteroatoms. The van der Waals surface area contributed by atoms with Crippen LogP contribution in [0.4, 0.5) is 18.0 Å². The highest BCUT2D eigenvalue weighted by Gasteiger charge is 2.39. The Morgan fingerprint density at radius 2 is 1.97 bits per heavy atom. The predicted molar refractivity (Wildman–Crippen MR) is 121 cm³/mol. The van der Waals surface area contributed by atoms with Gasteiger partial charge in [-0.1, -0.05) is 17.3 Å². The molecule has 0 bridgehead atoms. The van der Waals surface area contributed by atoms with Crippen LogP contribution in [0.25, 0.3) is 11.3 Å². The monoisotopic (exact) mass is 522 g/mol. The van der Waals surface area contributed by atoms with Crippen LogP contribution in [-0.2, 0) is 11.3 Å². The molecule has 1 aliphatic heterocycles. The Hall–Kier alpha value is -4.10. The minimum absolute atomic E-state index is 0.0174. The number of hydrogen-bond acceptors (Lipinski definition) is 8. The summed E-state index contributed by atoms with van der Waals surface area (Å²) in [6.07, 6.45) is -0.725. The number of likely N-dealkylation sites (tertiary alicyclic amines) is 1. The molecule has 1 N–H and O–H groups in total. The van der Waals surface area contributed by atoms with Gasteiger partial charge in [0.05, 0.1) is 30.5 Å². The molecule has 0 saturated carbocycles. The Bertz CT molecular complexity index is 1240. The summed E-state index contributed by atoms with van der Waals surface area (Å²) in [5.41, 5.74) is -0.729. The number of nitrogens with zero attached hydrogens (tertiary/aromatic N) is 5. The molecular weight excluding hydrogens is 497 g/mol. The van der Waals surface area contributed by atoms with Crippen molar-refractivity contribution in [3.05, 3.63) is 48.7 Å². The Labute approximate surface area is 209 Å². The third-order valence-corrected chi connectivity index (χ3v) is 5.33. The molecular formula is C23H25F3N6O5. The van der Waals surface area contributed by atoms with Crippen LogP contribution in [0.15, 0.2) is 47.3 Å². The number of alkyl halides is 3. The number of para-hydroxylation sites is 1. The number of halogens is 3. The first kappa shape index (κ1) is 26.0. The van der Waals surface area contributed by atoms with Gasteiger partial charge in [0.25, 0.3) is 5.89 Å². The molecule has 0 aliphatic carbocycles. The second-order valence-electron chi connectivity index (χ2n) is 9.39. The zero-order valence-corrected chi connectivity index (χ0v) is 20.2. The van der Waals surface area contributed by atoms with E-state index in [2.05, 4.69) is 25.3 Å². The van der Waals surface area contributed by atoms with Crippen molar-refractivity contribution >= 4 is 12.0 Å². The SMILES string of the molecule is CC(C)(C)OC(=O)N1CC(NC(=O)c2ncc(-c3ccccc3OC(F)(F)F)o2)CC1Cn1ccnn1. The molecule has 1 aliphatic rings. The summed E-state index contributed by atoms with van der Waals surface area (Å²) in [6.45, 7) is 5.76. The molecule has 0 radical (unpaired) electrons. The van der Waals surface area contributed by atoms with E-state index in [0.29, 0.717) is 13.0 Å². The van der Waals surface area contributed by atoms with Gasteiger partial charge in [0.2, 0.25) is 0 Å². The fraction of sp³-hybridized carbons (Fsp3) is 0.435. The number of nitrogens with one attached hydrogen (secondary N) is 1. The topological polar surface area (TPSA) is 125 Å². The summed E-state index contributed by atoms with van der Waals surface area (Å²) in [6, 6.07) is 4.55. The summed E-state index contributed by atoms with van der Waals surface area (Å²) in [5.74, 6) is -1.59. The maximum absolute atomic E-state index is 12.8. The van der Waals surface area contributed by atoms with Crippen LogP contribution in [0.5, 0.6) is 5.75 Å². The first-order valence-electron chi connectivity index (χ1n) is 11.3.